The van der Waals surface area contributed by atoms with Gasteiger partial charge in [-0.05, 0) is 12.1 Å². The van der Waals surface area contributed by atoms with Crippen molar-refractivity contribution in [3.05, 3.63) is 29.8 Å². The summed E-state index contributed by atoms with van der Waals surface area (Å²) in [7, 11) is 0. The summed E-state index contributed by atoms with van der Waals surface area (Å²) < 4.78 is 29.4. The van der Waals surface area contributed by atoms with Gasteiger partial charge >= 0.3 is 5.97 Å². The number of terminal acetylenes is 1. The van der Waals surface area contributed by atoms with Gasteiger partial charge in [-0.3, -0.25) is 0 Å². The Kier molecular flexibility index (Phi) is 2.60. The van der Waals surface area contributed by atoms with Crippen LogP contribution < -0.4 is 4.74 Å². The third-order valence-corrected chi connectivity index (χ3v) is 1.21. The van der Waals surface area contributed by atoms with Crippen molar-refractivity contribution >= 4 is 5.97 Å². The lowest BCUT2D eigenvalue weighted by molar-refractivity contribution is -0.128. The lowest BCUT2D eigenvalue weighted by Crippen LogP contribution is -2.05. The molecule has 1 rings (SSSR count). The third-order valence-electron chi connectivity index (χ3n) is 1.21. The highest BCUT2D eigenvalue weighted by Gasteiger charge is 2.07. The average molecular weight is 182 g/mol. The van der Waals surface area contributed by atoms with E-state index in [4.69, 9.17) is 0 Å². The number of hydrogen-bond donors (Lipinski definition) is 0. The highest BCUT2D eigenvalue weighted by atomic mass is 19.1. The average Bonchev–Trinajstić information content (AvgIpc) is 2.09. The maximum Gasteiger partial charge on any atom is 0.389 e. The van der Waals surface area contributed by atoms with Gasteiger partial charge in [0.2, 0.25) is 0 Å². The van der Waals surface area contributed by atoms with E-state index in [1.807, 2.05) is 0 Å². The van der Waals surface area contributed by atoms with Crippen LogP contribution >= 0.6 is 0 Å². The molecule has 0 amide bonds. The Bertz CT molecular complexity index is 380. The first-order chi connectivity index (χ1) is 6.13. The fourth-order valence-corrected chi connectivity index (χ4v) is 0.687. The molecule has 0 aliphatic rings. The van der Waals surface area contributed by atoms with Gasteiger partial charge in [0.1, 0.15) is 5.82 Å². The number of ether oxygens (including phenoxy) is 1. The van der Waals surface area contributed by atoms with E-state index in [0.29, 0.717) is 6.07 Å². The molecular weight excluding hydrogens is 178 g/mol. The van der Waals surface area contributed by atoms with Crippen LogP contribution in [0, 0.1) is 24.0 Å². The van der Waals surface area contributed by atoms with Gasteiger partial charge in [-0.1, -0.05) is 0 Å². The Labute approximate surface area is 73.1 Å². The van der Waals surface area contributed by atoms with Gasteiger partial charge in [-0.25, -0.2) is 13.6 Å². The van der Waals surface area contributed by atoms with Gasteiger partial charge in [0.05, 0.1) is 0 Å². The second-order valence-corrected chi connectivity index (χ2v) is 2.11. The molecule has 0 radical (unpaired) electrons. The Morgan fingerprint density at radius 1 is 1.46 bits per heavy atom. The van der Waals surface area contributed by atoms with Gasteiger partial charge in [0.15, 0.2) is 11.6 Å². The topological polar surface area (TPSA) is 26.3 Å². The minimum absolute atomic E-state index is 0.385. The number of benzene rings is 1. The van der Waals surface area contributed by atoms with Gasteiger partial charge in [-0.2, -0.15) is 0 Å². The predicted molar refractivity (Wildman–Crippen MR) is 40.8 cm³/mol. The second kappa shape index (κ2) is 3.68. The molecule has 0 aliphatic heterocycles. The highest BCUT2D eigenvalue weighted by Crippen LogP contribution is 2.17. The molecule has 0 saturated heterocycles. The van der Waals surface area contributed by atoms with Crippen LogP contribution in [0.2, 0.25) is 0 Å². The summed E-state index contributed by atoms with van der Waals surface area (Å²) in [6.45, 7) is 0. The van der Waals surface area contributed by atoms with Crippen molar-refractivity contribution in [3.63, 3.8) is 0 Å². The summed E-state index contributed by atoms with van der Waals surface area (Å²) in [5.74, 6) is -1.49. The standard InChI is InChI=1S/C9H4F2O2/c1-2-9(12)13-8-4-3-6(10)5-7(8)11/h1,3-5H. The fourth-order valence-electron chi connectivity index (χ4n) is 0.687. The largest absolute Gasteiger partial charge is 0.414 e. The number of esters is 1. The van der Waals surface area contributed by atoms with Crippen molar-refractivity contribution < 1.29 is 18.3 Å². The monoisotopic (exact) mass is 182 g/mol. The van der Waals surface area contributed by atoms with E-state index < -0.39 is 17.6 Å². The number of halogens is 2. The molecule has 2 nitrogen and oxygen atoms in total. The third kappa shape index (κ3) is 2.27. The van der Waals surface area contributed by atoms with Crippen LogP contribution in [0.4, 0.5) is 8.78 Å². The van der Waals surface area contributed by atoms with Crippen LogP contribution in [-0.2, 0) is 4.79 Å². The first kappa shape index (κ1) is 9.20. The van der Waals surface area contributed by atoms with Crippen molar-refractivity contribution in [1.82, 2.24) is 0 Å². The smallest absolute Gasteiger partial charge is 0.389 e. The van der Waals surface area contributed by atoms with Crippen molar-refractivity contribution in [1.29, 1.82) is 0 Å². The maximum atomic E-state index is 12.8. The Balaban J connectivity index is 2.91. The van der Waals surface area contributed by atoms with Crippen molar-refractivity contribution in [2.45, 2.75) is 0 Å². The molecule has 0 fully saturated rings. The molecule has 0 bridgehead atoms. The second-order valence-electron chi connectivity index (χ2n) is 2.11. The summed E-state index contributed by atoms with van der Waals surface area (Å²) in [6.07, 6.45) is 4.68. The van der Waals surface area contributed by atoms with Crippen LogP contribution in [-0.4, -0.2) is 5.97 Å². The molecule has 0 spiro atoms. The quantitative estimate of drug-likeness (QED) is 0.285. The van der Waals surface area contributed by atoms with Gasteiger partial charge < -0.3 is 4.74 Å². The normalized spacial score (nSPS) is 9.00. The lowest BCUT2D eigenvalue weighted by atomic mass is 10.3. The van der Waals surface area contributed by atoms with Crippen molar-refractivity contribution in [2.75, 3.05) is 0 Å². The molecule has 66 valence electrons. The Hall–Kier alpha value is -1.89. The summed E-state index contributed by atoms with van der Waals surface area (Å²) in [4.78, 5) is 10.5. The van der Waals surface area contributed by atoms with Gasteiger partial charge in [0.25, 0.3) is 0 Å². The lowest BCUT2D eigenvalue weighted by Gasteiger charge is -2.00. The van der Waals surface area contributed by atoms with Crippen LogP contribution in [0.3, 0.4) is 0 Å². The minimum Gasteiger partial charge on any atom is -0.414 e. The van der Waals surface area contributed by atoms with Crippen LogP contribution in [0.15, 0.2) is 18.2 Å². The van der Waals surface area contributed by atoms with Crippen LogP contribution in [0.1, 0.15) is 0 Å². The zero-order valence-electron chi connectivity index (χ0n) is 6.38. The molecule has 0 saturated carbocycles. The summed E-state index contributed by atoms with van der Waals surface area (Å²) in [6, 6.07) is 2.54. The van der Waals surface area contributed by atoms with Gasteiger partial charge in [-0.15, -0.1) is 6.42 Å². The number of carbonyl (C=O) groups is 1. The molecule has 0 N–H and O–H groups in total. The summed E-state index contributed by atoms with van der Waals surface area (Å²) in [5, 5.41) is 0. The molecule has 0 atom stereocenters. The molecule has 1 aromatic rings. The molecule has 0 heterocycles. The molecule has 0 unspecified atom stereocenters. The predicted octanol–water partition coefficient (Wildman–Crippen LogP) is 1.50. The first-order valence-electron chi connectivity index (χ1n) is 3.27. The summed E-state index contributed by atoms with van der Waals surface area (Å²) in [5.41, 5.74) is 0. The highest BCUT2D eigenvalue weighted by molar-refractivity contribution is 5.89. The fraction of sp³-hybridized carbons (Fsp3) is 0. The van der Waals surface area contributed by atoms with E-state index in [1.165, 1.54) is 0 Å². The molecule has 0 aliphatic carbocycles. The number of hydrogen-bond acceptors (Lipinski definition) is 2. The first-order valence-corrected chi connectivity index (χ1v) is 3.27. The zero-order chi connectivity index (χ0) is 9.84. The summed E-state index contributed by atoms with van der Waals surface area (Å²) >= 11 is 0. The zero-order valence-corrected chi connectivity index (χ0v) is 6.38. The Morgan fingerprint density at radius 3 is 2.69 bits per heavy atom. The Morgan fingerprint density at radius 2 is 2.15 bits per heavy atom. The number of rotatable bonds is 1. The maximum absolute atomic E-state index is 12.8. The SMILES string of the molecule is C#CC(=O)Oc1ccc(F)cc1F. The van der Waals surface area contributed by atoms with Crippen molar-refractivity contribution in [3.8, 4) is 18.1 Å². The molecular formula is C9H4F2O2. The van der Waals surface area contributed by atoms with E-state index in [0.717, 1.165) is 12.1 Å². The molecule has 4 heteroatoms. The minimum atomic E-state index is -1.02. The molecule has 1 aromatic carbocycles. The van der Waals surface area contributed by atoms with E-state index in [1.54, 1.807) is 5.92 Å². The van der Waals surface area contributed by atoms with Crippen molar-refractivity contribution in [2.24, 2.45) is 0 Å². The van der Waals surface area contributed by atoms with E-state index >= 15 is 0 Å². The van der Waals surface area contributed by atoms with Gasteiger partial charge in [0, 0.05) is 12.0 Å². The number of carbonyl (C=O) groups excluding carboxylic acids is 1. The van der Waals surface area contributed by atoms with E-state index in [9.17, 15) is 13.6 Å². The van der Waals surface area contributed by atoms with Crippen LogP contribution in [0.5, 0.6) is 5.75 Å². The van der Waals surface area contributed by atoms with E-state index in [-0.39, 0.29) is 5.75 Å². The molecule has 13 heavy (non-hydrogen) atoms. The van der Waals surface area contributed by atoms with E-state index in [2.05, 4.69) is 11.2 Å². The van der Waals surface area contributed by atoms with Crippen LogP contribution in [0.25, 0.3) is 0 Å². The molecule has 0 aromatic heterocycles.